The van der Waals surface area contributed by atoms with Crippen molar-refractivity contribution >= 4 is 11.8 Å². The van der Waals surface area contributed by atoms with E-state index in [4.69, 9.17) is 0 Å². The van der Waals surface area contributed by atoms with Crippen molar-refractivity contribution in [2.24, 2.45) is 11.3 Å². The van der Waals surface area contributed by atoms with E-state index in [1.165, 1.54) is 46.9 Å². The quantitative estimate of drug-likeness (QED) is 0.488. The molecule has 12 heteroatoms. The van der Waals surface area contributed by atoms with E-state index in [0.717, 1.165) is 12.8 Å². The molecular formula is C31H38F4N4O4. The van der Waals surface area contributed by atoms with Crippen LogP contribution in [0.2, 0.25) is 0 Å². The zero-order chi connectivity index (χ0) is 31.0. The second-order valence-corrected chi connectivity index (χ2v) is 12.3. The van der Waals surface area contributed by atoms with Gasteiger partial charge in [0.05, 0.1) is 24.1 Å². The molecule has 1 spiro atoms. The Hall–Kier alpha value is -3.25. The van der Waals surface area contributed by atoms with Crippen molar-refractivity contribution in [2.45, 2.75) is 63.8 Å². The molecule has 2 aliphatic heterocycles. The number of likely N-dealkylation sites (tertiary alicyclic amines) is 1. The Bertz CT molecular complexity index is 1420. The molecule has 2 N–H and O–H groups in total. The third-order valence-corrected chi connectivity index (χ3v) is 9.46. The Morgan fingerprint density at radius 1 is 1.02 bits per heavy atom. The molecule has 43 heavy (non-hydrogen) atoms. The second-order valence-electron chi connectivity index (χ2n) is 12.3. The van der Waals surface area contributed by atoms with Gasteiger partial charge in [-0.2, -0.15) is 13.2 Å². The Balaban J connectivity index is 1.48. The van der Waals surface area contributed by atoms with Crippen LogP contribution in [0, 0.1) is 17.2 Å². The molecule has 2 unspecified atom stereocenters. The van der Waals surface area contributed by atoms with Crippen molar-refractivity contribution in [1.29, 1.82) is 0 Å². The molecule has 234 valence electrons. The van der Waals surface area contributed by atoms with E-state index >= 15 is 0 Å². The summed E-state index contributed by atoms with van der Waals surface area (Å²) in [6.45, 7) is 3.33. The lowest BCUT2D eigenvalue weighted by molar-refractivity contribution is -0.172. The number of nitrogens with zero attached hydrogens (tertiary/aromatic N) is 3. The molecule has 2 aromatic rings. The van der Waals surface area contributed by atoms with Crippen LogP contribution in [0.3, 0.4) is 0 Å². The average Bonchev–Trinajstić information content (AvgIpc) is 3.44. The number of alkyl halides is 3. The predicted octanol–water partition coefficient (Wildman–Crippen LogP) is 3.81. The number of pyridine rings is 1. The molecule has 3 heterocycles. The molecule has 1 aromatic heterocycles. The first-order valence-electron chi connectivity index (χ1n) is 14.9. The molecule has 1 aromatic carbocycles. The molecule has 1 aliphatic carbocycles. The molecule has 2 atom stereocenters. The summed E-state index contributed by atoms with van der Waals surface area (Å²) in [5.41, 5.74) is -2.35. The van der Waals surface area contributed by atoms with Gasteiger partial charge in [0.1, 0.15) is 5.82 Å². The van der Waals surface area contributed by atoms with E-state index in [1.807, 2.05) is 0 Å². The molecule has 2 saturated heterocycles. The summed E-state index contributed by atoms with van der Waals surface area (Å²) in [6.07, 6.45) is -1.56. The Kier molecular flexibility index (Phi) is 8.72. The highest BCUT2D eigenvalue weighted by atomic mass is 19.4. The fraction of sp³-hybridized carbons (Fsp3) is 0.581. The number of amides is 2. The maximum Gasteiger partial charge on any atom is 0.389 e. The number of nitrogens with one attached hydrogen (secondary N) is 1. The maximum atomic E-state index is 14.9. The van der Waals surface area contributed by atoms with Crippen LogP contribution < -0.4 is 10.9 Å². The van der Waals surface area contributed by atoms with Crippen LogP contribution in [-0.4, -0.2) is 82.3 Å². The van der Waals surface area contributed by atoms with Gasteiger partial charge in [0.15, 0.2) is 0 Å². The van der Waals surface area contributed by atoms with Crippen LogP contribution in [0.15, 0.2) is 41.3 Å². The number of benzene rings is 1. The summed E-state index contributed by atoms with van der Waals surface area (Å²) >= 11 is 0. The number of carbonyl (C=O) groups is 2. The van der Waals surface area contributed by atoms with E-state index in [1.54, 1.807) is 11.0 Å². The number of halogens is 4. The summed E-state index contributed by atoms with van der Waals surface area (Å²) in [6, 6.07) is 7.15. The first-order valence-corrected chi connectivity index (χ1v) is 14.9. The molecule has 0 radical (unpaired) electrons. The molecule has 8 nitrogen and oxygen atoms in total. The third-order valence-electron chi connectivity index (χ3n) is 9.46. The molecule has 3 fully saturated rings. The van der Waals surface area contributed by atoms with Gasteiger partial charge in [-0.05, 0) is 25.3 Å². The zero-order valence-corrected chi connectivity index (χ0v) is 24.3. The van der Waals surface area contributed by atoms with Crippen LogP contribution in [0.4, 0.5) is 17.6 Å². The lowest BCUT2D eigenvalue weighted by Gasteiger charge is -2.52. The van der Waals surface area contributed by atoms with Crippen molar-refractivity contribution in [3.8, 4) is 11.1 Å². The molecule has 2 amide bonds. The van der Waals surface area contributed by atoms with Crippen molar-refractivity contribution < 1.29 is 32.3 Å². The fourth-order valence-electron chi connectivity index (χ4n) is 7.12. The van der Waals surface area contributed by atoms with Crippen molar-refractivity contribution in [1.82, 2.24) is 19.7 Å². The van der Waals surface area contributed by atoms with Crippen LogP contribution in [0.5, 0.6) is 0 Å². The van der Waals surface area contributed by atoms with Crippen LogP contribution in [0.1, 0.15) is 55.8 Å². The van der Waals surface area contributed by atoms with Crippen LogP contribution in [-0.2, 0) is 11.3 Å². The van der Waals surface area contributed by atoms with E-state index in [2.05, 4.69) is 5.32 Å². The summed E-state index contributed by atoms with van der Waals surface area (Å²) in [7, 11) is 0. The number of piperidine rings is 1. The minimum atomic E-state index is -4.47. The number of carbonyl (C=O) groups excluding carboxylic acids is 2. The Labute approximate surface area is 247 Å². The van der Waals surface area contributed by atoms with E-state index in [0.29, 0.717) is 39.0 Å². The Morgan fingerprint density at radius 3 is 2.35 bits per heavy atom. The van der Waals surface area contributed by atoms with Crippen molar-refractivity contribution in [3.63, 3.8) is 0 Å². The Morgan fingerprint density at radius 2 is 1.70 bits per heavy atom. The van der Waals surface area contributed by atoms with Gasteiger partial charge in [0.2, 0.25) is 5.91 Å². The predicted molar refractivity (Wildman–Crippen MR) is 152 cm³/mol. The monoisotopic (exact) mass is 606 g/mol. The first kappa shape index (κ1) is 31.2. The van der Waals surface area contributed by atoms with Gasteiger partial charge in [-0.15, -0.1) is 0 Å². The molecule has 0 bridgehead atoms. The lowest BCUT2D eigenvalue weighted by atomic mass is 9.65. The number of aliphatic hydroxyl groups is 1. The minimum Gasteiger partial charge on any atom is -0.387 e. The molecule has 1 saturated carbocycles. The summed E-state index contributed by atoms with van der Waals surface area (Å²) in [5.74, 6) is -2.76. The summed E-state index contributed by atoms with van der Waals surface area (Å²) in [4.78, 5) is 43.4. The zero-order valence-electron chi connectivity index (χ0n) is 24.3. The van der Waals surface area contributed by atoms with Gasteiger partial charge in [-0.3, -0.25) is 14.4 Å². The topological polar surface area (TPSA) is 94.9 Å². The number of hydrogen-bond acceptors (Lipinski definition) is 5. The third kappa shape index (κ3) is 6.35. The smallest absolute Gasteiger partial charge is 0.387 e. The van der Waals surface area contributed by atoms with Crippen molar-refractivity contribution in [3.05, 3.63) is 58.3 Å². The van der Waals surface area contributed by atoms with Gasteiger partial charge >= 0.3 is 6.18 Å². The van der Waals surface area contributed by atoms with Crippen molar-refractivity contribution in [2.75, 3.05) is 39.3 Å². The maximum absolute atomic E-state index is 14.9. The molecule has 5 rings (SSSR count). The fourth-order valence-corrected chi connectivity index (χ4v) is 7.12. The number of aromatic nitrogens is 1. The number of rotatable bonds is 6. The number of hydrogen-bond donors (Lipinski definition) is 2. The largest absolute Gasteiger partial charge is 0.389 e. The normalized spacial score (nSPS) is 23.0. The summed E-state index contributed by atoms with van der Waals surface area (Å²) < 4.78 is 55.2. The van der Waals surface area contributed by atoms with Gasteiger partial charge in [-0.25, -0.2) is 4.39 Å². The lowest BCUT2D eigenvalue weighted by Crippen LogP contribution is -2.62. The highest BCUT2D eigenvalue weighted by Gasteiger charge is 2.56. The van der Waals surface area contributed by atoms with Gasteiger partial charge in [-0.1, -0.05) is 38.0 Å². The number of piperazine rings is 1. The minimum absolute atomic E-state index is 0.0495. The summed E-state index contributed by atoms with van der Waals surface area (Å²) in [5, 5.41) is 15.4. The SMILES string of the molecule is CC(CC(F)(F)F)C(=O)N1CCC(O)(Cn2cc(C(=O)N3CCNCC3)c(-c3ccccc3F)cc2=O)C2(CCCC2)C1. The van der Waals surface area contributed by atoms with E-state index in [-0.39, 0.29) is 48.7 Å². The second kappa shape index (κ2) is 12.0. The standard InChI is InChI=1S/C31H38F4N4O4/c1-21(17-31(33,34)35)27(41)38-13-10-30(43,29(19-38)8-4-5-9-29)20-39-18-24(28(42)37-14-11-36-12-15-37)23(16-26(39)40)22-6-2-3-7-25(22)32/h2-3,6-7,16,18,21,36,43H,4-5,8-15,17,19-20H2,1H3. The van der Waals surface area contributed by atoms with Gasteiger partial charge in [0.25, 0.3) is 11.5 Å². The first-order chi connectivity index (χ1) is 20.3. The van der Waals surface area contributed by atoms with Crippen LogP contribution in [0.25, 0.3) is 11.1 Å². The van der Waals surface area contributed by atoms with Gasteiger partial charge in [0, 0.05) is 74.0 Å². The highest BCUT2D eigenvalue weighted by Crippen LogP contribution is 2.52. The van der Waals surface area contributed by atoms with Crippen LogP contribution >= 0.6 is 0 Å². The van der Waals surface area contributed by atoms with E-state index in [9.17, 15) is 37.1 Å². The molecule has 3 aliphatic rings. The molecular weight excluding hydrogens is 568 g/mol. The van der Waals surface area contributed by atoms with Gasteiger partial charge < -0.3 is 24.8 Å². The van der Waals surface area contributed by atoms with E-state index < -0.39 is 46.8 Å². The highest BCUT2D eigenvalue weighted by molar-refractivity contribution is 6.00. The average molecular weight is 607 g/mol.